The van der Waals surface area contributed by atoms with E-state index in [2.05, 4.69) is 46.5 Å². The number of aromatic nitrogens is 2. The Hall–Kier alpha value is -1.16. The number of benzene rings is 1. The van der Waals surface area contributed by atoms with Crippen molar-refractivity contribution in [3.05, 3.63) is 46.2 Å². The van der Waals surface area contributed by atoms with Crippen LogP contribution in [0.4, 0.5) is 0 Å². The molecule has 96 valence electrons. The van der Waals surface area contributed by atoms with Gasteiger partial charge >= 0.3 is 0 Å². The average molecular weight is 309 g/mol. The second kappa shape index (κ2) is 5.08. The van der Waals surface area contributed by atoms with Crippen molar-refractivity contribution in [3.8, 4) is 11.1 Å². The third-order valence-electron chi connectivity index (χ3n) is 2.92. The molecule has 0 saturated carbocycles. The lowest BCUT2D eigenvalue weighted by molar-refractivity contribution is 1.07. The predicted octanol–water partition coefficient (Wildman–Crippen LogP) is 5.06. The molecule has 5 heteroatoms. The van der Waals surface area contributed by atoms with Crippen LogP contribution in [-0.2, 0) is 5.88 Å². The standard InChI is InChI=1S/C14H10Cl2N2S/c1-8-2-4-9(5-3-8)10-7-19-14-12(10)13(16)17-11(6-15)18-14/h2-5,7H,6H2,1H3. The van der Waals surface area contributed by atoms with E-state index >= 15 is 0 Å². The summed E-state index contributed by atoms with van der Waals surface area (Å²) in [7, 11) is 0. The van der Waals surface area contributed by atoms with Crippen molar-refractivity contribution in [1.29, 1.82) is 0 Å². The highest BCUT2D eigenvalue weighted by Crippen LogP contribution is 2.36. The van der Waals surface area contributed by atoms with Crippen LogP contribution in [0.15, 0.2) is 29.6 Å². The van der Waals surface area contributed by atoms with Crippen molar-refractivity contribution < 1.29 is 0 Å². The topological polar surface area (TPSA) is 25.8 Å². The molecule has 0 aliphatic heterocycles. The molecule has 3 aromatic rings. The molecular formula is C14H10Cl2N2S. The molecule has 0 bridgehead atoms. The monoisotopic (exact) mass is 308 g/mol. The summed E-state index contributed by atoms with van der Waals surface area (Å²) in [5.74, 6) is 0.837. The zero-order chi connectivity index (χ0) is 13.4. The lowest BCUT2D eigenvalue weighted by atomic mass is 10.1. The molecule has 0 fully saturated rings. The number of halogens is 2. The molecule has 1 aromatic carbocycles. The fourth-order valence-electron chi connectivity index (χ4n) is 1.95. The van der Waals surface area contributed by atoms with Gasteiger partial charge in [0.1, 0.15) is 15.8 Å². The number of aryl methyl sites for hydroxylation is 1. The van der Waals surface area contributed by atoms with Gasteiger partial charge in [-0.05, 0) is 12.5 Å². The Morgan fingerprint density at radius 1 is 1.16 bits per heavy atom. The zero-order valence-corrected chi connectivity index (χ0v) is 12.5. The minimum Gasteiger partial charge on any atom is -0.221 e. The van der Waals surface area contributed by atoms with E-state index in [1.54, 1.807) is 11.3 Å². The third kappa shape index (κ3) is 2.34. The Morgan fingerprint density at radius 3 is 2.58 bits per heavy atom. The van der Waals surface area contributed by atoms with Crippen LogP contribution < -0.4 is 0 Å². The maximum absolute atomic E-state index is 6.27. The summed E-state index contributed by atoms with van der Waals surface area (Å²) >= 11 is 13.6. The lowest BCUT2D eigenvalue weighted by Gasteiger charge is -2.03. The first-order valence-electron chi connectivity index (χ1n) is 5.75. The third-order valence-corrected chi connectivity index (χ3v) is 4.30. The van der Waals surface area contributed by atoms with E-state index in [0.717, 1.165) is 21.3 Å². The van der Waals surface area contributed by atoms with E-state index in [0.29, 0.717) is 11.0 Å². The summed E-state index contributed by atoms with van der Waals surface area (Å²) in [5.41, 5.74) is 3.43. The quantitative estimate of drug-likeness (QED) is 0.488. The van der Waals surface area contributed by atoms with Gasteiger partial charge in [0.05, 0.1) is 11.3 Å². The van der Waals surface area contributed by atoms with Gasteiger partial charge in [-0.2, -0.15) is 0 Å². The average Bonchev–Trinajstić information content (AvgIpc) is 2.84. The molecule has 0 saturated heterocycles. The second-order valence-corrected chi connectivity index (χ2v) is 5.74. The fourth-order valence-corrected chi connectivity index (χ4v) is 3.38. The van der Waals surface area contributed by atoms with Crippen LogP contribution in [0.3, 0.4) is 0 Å². The molecule has 0 amide bonds. The van der Waals surface area contributed by atoms with Crippen molar-refractivity contribution >= 4 is 44.8 Å². The summed E-state index contributed by atoms with van der Waals surface area (Å²) in [4.78, 5) is 9.51. The number of nitrogens with zero attached hydrogens (tertiary/aromatic N) is 2. The first kappa shape index (κ1) is 12.9. The minimum absolute atomic E-state index is 0.271. The molecule has 0 radical (unpaired) electrons. The van der Waals surface area contributed by atoms with Crippen LogP contribution in [0.25, 0.3) is 21.3 Å². The summed E-state index contributed by atoms with van der Waals surface area (Å²) in [6, 6.07) is 8.34. The van der Waals surface area contributed by atoms with Crippen LogP contribution in [0, 0.1) is 6.92 Å². The maximum atomic E-state index is 6.27. The van der Waals surface area contributed by atoms with E-state index in [4.69, 9.17) is 23.2 Å². The van der Waals surface area contributed by atoms with Crippen LogP contribution in [0.1, 0.15) is 11.4 Å². The summed E-state index contributed by atoms with van der Waals surface area (Å²) < 4.78 is 0. The van der Waals surface area contributed by atoms with E-state index in [1.165, 1.54) is 5.56 Å². The summed E-state index contributed by atoms with van der Waals surface area (Å²) in [6.07, 6.45) is 0. The normalized spacial score (nSPS) is 11.1. The van der Waals surface area contributed by atoms with Crippen LogP contribution >= 0.6 is 34.5 Å². The van der Waals surface area contributed by atoms with Crippen LogP contribution in [0.5, 0.6) is 0 Å². The first-order valence-corrected chi connectivity index (χ1v) is 7.55. The molecule has 3 rings (SSSR count). The number of rotatable bonds is 2. The van der Waals surface area contributed by atoms with Gasteiger partial charge in [0.25, 0.3) is 0 Å². The van der Waals surface area contributed by atoms with Crippen LogP contribution in [0.2, 0.25) is 5.15 Å². The van der Waals surface area contributed by atoms with E-state index < -0.39 is 0 Å². The van der Waals surface area contributed by atoms with Gasteiger partial charge in [-0.3, -0.25) is 0 Å². The molecular weight excluding hydrogens is 299 g/mol. The van der Waals surface area contributed by atoms with Gasteiger partial charge in [0.2, 0.25) is 0 Å². The second-order valence-electron chi connectivity index (χ2n) is 4.26. The molecule has 0 aliphatic rings. The van der Waals surface area contributed by atoms with Crippen molar-refractivity contribution in [2.24, 2.45) is 0 Å². The smallest absolute Gasteiger partial charge is 0.146 e. The van der Waals surface area contributed by atoms with E-state index in [9.17, 15) is 0 Å². The zero-order valence-electron chi connectivity index (χ0n) is 10.2. The Labute approximate surface area is 125 Å². The summed E-state index contributed by atoms with van der Waals surface area (Å²) in [6.45, 7) is 2.07. The SMILES string of the molecule is Cc1ccc(-c2csc3nc(CCl)nc(Cl)c23)cc1. The van der Waals surface area contributed by atoms with Crippen molar-refractivity contribution in [3.63, 3.8) is 0 Å². The number of hydrogen-bond acceptors (Lipinski definition) is 3. The van der Waals surface area contributed by atoms with Gasteiger partial charge in [-0.15, -0.1) is 22.9 Å². The lowest BCUT2D eigenvalue weighted by Crippen LogP contribution is -1.91. The van der Waals surface area contributed by atoms with Crippen molar-refractivity contribution in [1.82, 2.24) is 9.97 Å². The van der Waals surface area contributed by atoms with E-state index in [1.807, 2.05) is 0 Å². The predicted molar refractivity (Wildman–Crippen MR) is 82.2 cm³/mol. The molecule has 0 unspecified atom stereocenters. The Kier molecular flexibility index (Phi) is 3.44. The Morgan fingerprint density at radius 2 is 1.89 bits per heavy atom. The van der Waals surface area contributed by atoms with Crippen LogP contribution in [-0.4, -0.2) is 9.97 Å². The Balaban J connectivity index is 2.23. The van der Waals surface area contributed by atoms with Crippen molar-refractivity contribution in [2.45, 2.75) is 12.8 Å². The first-order chi connectivity index (χ1) is 9.19. The number of fused-ring (bicyclic) bond motifs is 1. The van der Waals surface area contributed by atoms with Crippen molar-refractivity contribution in [2.75, 3.05) is 0 Å². The van der Waals surface area contributed by atoms with Gasteiger partial charge < -0.3 is 0 Å². The van der Waals surface area contributed by atoms with Gasteiger partial charge in [0.15, 0.2) is 0 Å². The summed E-state index contributed by atoms with van der Waals surface area (Å²) in [5, 5.41) is 3.44. The maximum Gasteiger partial charge on any atom is 0.146 e. The molecule has 0 aliphatic carbocycles. The molecule has 2 nitrogen and oxygen atoms in total. The Bertz CT molecular complexity index is 735. The molecule has 0 atom stereocenters. The van der Waals surface area contributed by atoms with Gasteiger partial charge in [0, 0.05) is 10.9 Å². The molecule has 0 N–H and O–H groups in total. The molecule has 2 heterocycles. The largest absolute Gasteiger partial charge is 0.221 e. The highest BCUT2D eigenvalue weighted by molar-refractivity contribution is 7.17. The van der Waals surface area contributed by atoms with Gasteiger partial charge in [-0.25, -0.2) is 9.97 Å². The molecule has 0 spiro atoms. The molecule has 19 heavy (non-hydrogen) atoms. The molecule has 2 aromatic heterocycles. The highest BCUT2D eigenvalue weighted by atomic mass is 35.5. The van der Waals surface area contributed by atoms with Gasteiger partial charge in [-0.1, -0.05) is 41.4 Å². The minimum atomic E-state index is 0.271. The fraction of sp³-hybridized carbons (Fsp3) is 0.143. The number of alkyl halides is 1. The van der Waals surface area contributed by atoms with E-state index in [-0.39, 0.29) is 5.88 Å². The number of hydrogen-bond donors (Lipinski definition) is 0. The highest BCUT2D eigenvalue weighted by Gasteiger charge is 2.13. The number of thiophene rings is 1.